The van der Waals surface area contributed by atoms with E-state index in [4.69, 9.17) is 0 Å². The minimum atomic E-state index is 1.24. The Hall–Kier alpha value is -5.72. The van der Waals surface area contributed by atoms with Gasteiger partial charge in [0.2, 0.25) is 0 Å². The minimum Gasteiger partial charge on any atom is -0.0616 e. The van der Waals surface area contributed by atoms with Crippen LogP contribution in [0, 0.1) is 0 Å². The summed E-state index contributed by atoms with van der Waals surface area (Å²) in [6, 6.07) is 58.5. The van der Waals surface area contributed by atoms with Gasteiger partial charge in [-0.2, -0.15) is 0 Å². The molecule has 0 spiro atoms. The van der Waals surface area contributed by atoms with Gasteiger partial charge in [0.05, 0.1) is 0 Å². The highest BCUT2D eigenvalue weighted by molar-refractivity contribution is 6.39. The maximum Gasteiger partial charge on any atom is -0.00139 e. The molecule has 0 N–H and O–H groups in total. The molecule has 0 fully saturated rings. The van der Waals surface area contributed by atoms with E-state index in [1.54, 1.807) is 0 Å². The van der Waals surface area contributed by atoms with Crippen molar-refractivity contribution in [3.8, 4) is 11.1 Å². The number of hydrogen-bond acceptors (Lipinski definition) is 0. The Morgan fingerprint density at radius 2 is 0.409 bits per heavy atom. The van der Waals surface area contributed by atoms with Crippen LogP contribution in [0.5, 0.6) is 0 Å². The highest BCUT2D eigenvalue weighted by Gasteiger charge is 2.16. The fourth-order valence-corrected chi connectivity index (χ4v) is 7.89. The molecule has 202 valence electrons. The van der Waals surface area contributed by atoms with Crippen LogP contribution in [0.15, 0.2) is 158 Å². The largest absolute Gasteiger partial charge is 0.0616 e. The Bertz CT molecular complexity index is 2780. The van der Waals surface area contributed by atoms with Gasteiger partial charge in [-0.25, -0.2) is 0 Å². The molecule has 0 heteroatoms. The average molecular weight is 555 g/mol. The summed E-state index contributed by atoms with van der Waals surface area (Å²) in [5, 5.41) is 21.0. The second-order valence-electron chi connectivity index (χ2n) is 12.0. The fourth-order valence-electron chi connectivity index (χ4n) is 7.89. The van der Waals surface area contributed by atoms with E-state index in [1.807, 2.05) is 0 Å². The van der Waals surface area contributed by atoms with E-state index < -0.39 is 0 Å². The van der Waals surface area contributed by atoms with Gasteiger partial charge >= 0.3 is 0 Å². The van der Waals surface area contributed by atoms with Crippen LogP contribution in [0.4, 0.5) is 0 Å². The van der Waals surface area contributed by atoms with E-state index in [9.17, 15) is 0 Å². The topological polar surface area (TPSA) is 0 Å². The predicted molar refractivity (Wildman–Crippen MR) is 192 cm³/mol. The van der Waals surface area contributed by atoms with Gasteiger partial charge in [0, 0.05) is 0 Å². The zero-order valence-electron chi connectivity index (χ0n) is 24.0. The van der Waals surface area contributed by atoms with Gasteiger partial charge in [0.25, 0.3) is 0 Å². The standard InChI is InChI=1S/C44H26/c1-2-13-31-29(11-1)30-12-3-4-16-34(30)41-25-27(21-23-36(31)41)28-22-24-40-42(26-28)35-17-7-10-20-39(35)43-37-18-8-5-14-32(37)33-15-6-9-19-38(33)44(40)43/h1-26H. The third kappa shape index (κ3) is 3.17. The van der Waals surface area contributed by atoms with Gasteiger partial charge < -0.3 is 0 Å². The van der Waals surface area contributed by atoms with Crippen molar-refractivity contribution in [2.24, 2.45) is 0 Å². The molecule has 0 bridgehead atoms. The van der Waals surface area contributed by atoms with E-state index in [0.29, 0.717) is 0 Å². The number of hydrogen-bond donors (Lipinski definition) is 0. The Balaban J connectivity index is 1.33. The van der Waals surface area contributed by atoms with Gasteiger partial charge in [-0.1, -0.05) is 146 Å². The molecule has 0 saturated carbocycles. The summed E-state index contributed by atoms with van der Waals surface area (Å²) in [4.78, 5) is 0. The van der Waals surface area contributed by atoms with Crippen LogP contribution >= 0.6 is 0 Å². The highest BCUT2D eigenvalue weighted by atomic mass is 14.2. The average Bonchev–Trinajstić information content (AvgIpc) is 3.11. The molecule has 0 aliphatic carbocycles. The minimum absolute atomic E-state index is 1.24. The molecule has 44 heavy (non-hydrogen) atoms. The van der Waals surface area contributed by atoms with E-state index in [1.165, 1.54) is 97.3 Å². The summed E-state index contributed by atoms with van der Waals surface area (Å²) in [5.74, 6) is 0. The maximum absolute atomic E-state index is 2.42. The van der Waals surface area contributed by atoms with Crippen LogP contribution in [0.2, 0.25) is 0 Å². The van der Waals surface area contributed by atoms with Crippen LogP contribution in [0.3, 0.4) is 0 Å². The lowest BCUT2D eigenvalue weighted by Gasteiger charge is -2.17. The number of benzene rings is 10. The predicted octanol–water partition coefficient (Wildman–Crippen LogP) is 12.6. The fraction of sp³-hybridized carbons (Fsp3) is 0. The third-order valence-electron chi connectivity index (χ3n) is 9.79. The first-order valence-electron chi connectivity index (χ1n) is 15.4. The second-order valence-corrected chi connectivity index (χ2v) is 12.0. The van der Waals surface area contributed by atoms with Crippen molar-refractivity contribution < 1.29 is 0 Å². The van der Waals surface area contributed by atoms with Gasteiger partial charge in [-0.05, 0) is 109 Å². The summed E-state index contributed by atoms with van der Waals surface area (Å²) in [6.07, 6.45) is 0. The van der Waals surface area contributed by atoms with E-state index >= 15 is 0 Å². The molecule has 0 aliphatic rings. The van der Waals surface area contributed by atoms with Crippen LogP contribution < -0.4 is 0 Å². The van der Waals surface area contributed by atoms with Gasteiger partial charge in [0.15, 0.2) is 0 Å². The van der Waals surface area contributed by atoms with Crippen LogP contribution in [0.25, 0.3) is 97.3 Å². The molecule has 0 saturated heterocycles. The molecule has 0 nitrogen and oxygen atoms in total. The molecule has 0 aliphatic heterocycles. The third-order valence-corrected chi connectivity index (χ3v) is 9.79. The van der Waals surface area contributed by atoms with Crippen LogP contribution in [-0.2, 0) is 0 Å². The summed E-state index contributed by atoms with van der Waals surface area (Å²) in [6.45, 7) is 0. The molecule has 10 aromatic rings. The van der Waals surface area contributed by atoms with E-state index in [-0.39, 0.29) is 0 Å². The first-order valence-corrected chi connectivity index (χ1v) is 15.4. The van der Waals surface area contributed by atoms with Gasteiger partial charge in [-0.15, -0.1) is 0 Å². The van der Waals surface area contributed by atoms with Crippen molar-refractivity contribution in [1.29, 1.82) is 0 Å². The Morgan fingerprint density at radius 1 is 0.182 bits per heavy atom. The molecule has 0 aromatic heterocycles. The second kappa shape index (κ2) is 8.89. The summed E-state index contributed by atoms with van der Waals surface area (Å²) >= 11 is 0. The maximum atomic E-state index is 2.42. The van der Waals surface area contributed by atoms with Crippen LogP contribution in [0.1, 0.15) is 0 Å². The van der Waals surface area contributed by atoms with Crippen molar-refractivity contribution in [3.63, 3.8) is 0 Å². The molecule has 0 radical (unpaired) electrons. The molecular formula is C44H26. The monoisotopic (exact) mass is 554 g/mol. The zero-order valence-corrected chi connectivity index (χ0v) is 24.0. The molecular weight excluding hydrogens is 528 g/mol. The van der Waals surface area contributed by atoms with Crippen molar-refractivity contribution in [1.82, 2.24) is 0 Å². The zero-order chi connectivity index (χ0) is 28.8. The Morgan fingerprint density at radius 3 is 0.818 bits per heavy atom. The summed E-state index contributed by atoms with van der Waals surface area (Å²) in [7, 11) is 0. The van der Waals surface area contributed by atoms with Gasteiger partial charge in [-0.3, -0.25) is 0 Å². The van der Waals surface area contributed by atoms with Gasteiger partial charge in [0.1, 0.15) is 0 Å². The first kappa shape index (κ1) is 23.8. The first-order chi connectivity index (χ1) is 21.8. The van der Waals surface area contributed by atoms with E-state index in [0.717, 1.165) is 0 Å². The number of fused-ring (bicyclic) bond motifs is 17. The molecule has 10 rings (SSSR count). The van der Waals surface area contributed by atoms with Crippen molar-refractivity contribution in [2.75, 3.05) is 0 Å². The lowest BCUT2D eigenvalue weighted by molar-refractivity contribution is 1.70. The van der Waals surface area contributed by atoms with E-state index in [2.05, 4.69) is 158 Å². The normalized spacial score (nSPS) is 12.1. The molecule has 0 unspecified atom stereocenters. The van der Waals surface area contributed by atoms with Crippen LogP contribution in [-0.4, -0.2) is 0 Å². The molecule has 0 atom stereocenters. The summed E-state index contributed by atoms with van der Waals surface area (Å²) in [5.41, 5.74) is 2.48. The lowest BCUT2D eigenvalue weighted by atomic mass is 9.86. The Labute approximate surface area is 254 Å². The van der Waals surface area contributed by atoms with Crippen molar-refractivity contribution in [3.05, 3.63) is 158 Å². The smallest absolute Gasteiger partial charge is 0.00139 e. The summed E-state index contributed by atoms with van der Waals surface area (Å²) < 4.78 is 0. The molecule has 0 heterocycles. The SMILES string of the molecule is c1ccc2c(c1)c1ccccc1c1cc(-c3ccc4c(c3)c3ccccc3c3c5ccccc5c5ccccc5c43)ccc21. The van der Waals surface area contributed by atoms with Crippen molar-refractivity contribution >= 4 is 86.2 Å². The lowest BCUT2D eigenvalue weighted by Crippen LogP contribution is -1.89. The number of rotatable bonds is 1. The molecule has 0 amide bonds. The van der Waals surface area contributed by atoms with Crippen molar-refractivity contribution in [2.45, 2.75) is 0 Å². The molecule has 10 aromatic carbocycles. The highest BCUT2D eigenvalue weighted by Crippen LogP contribution is 2.45. The Kier molecular flexibility index (Phi) is 4.81. The quantitative estimate of drug-likeness (QED) is 0.177.